The molecule has 2 aliphatic rings. The lowest BCUT2D eigenvalue weighted by Crippen LogP contribution is -2.33. The Morgan fingerprint density at radius 1 is 1.21 bits per heavy atom. The molecule has 1 N–H and O–H groups in total. The molecule has 2 fully saturated rings. The Labute approximate surface area is 116 Å². The van der Waals surface area contributed by atoms with Gasteiger partial charge in [-0.15, -0.1) is 0 Å². The molecule has 1 aliphatic heterocycles. The molecule has 1 saturated heterocycles. The number of rotatable bonds is 4. The van der Waals surface area contributed by atoms with Crippen LogP contribution in [0.15, 0.2) is 18.2 Å². The summed E-state index contributed by atoms with van der Waals surface area (Å²) in [5, 5.41) is 3.68. The van der Waals surface area contributed by atoms with E-state index < -0.39 is 0 Å². The van der Waals surface area contributed by atoms with Crippen molar-refractivity contribution >= 4 is 0 Å². The molecule has 3 rings (SSSR count). The lowest BCUT2D eigenvalue weighted by Gasteiger charge is -2.33. The van der Waals surface area contributed by atoms with Crippen LogP contribution in [0.25, 0.3) is 0 Å². The van der Waals surface area contributed by atoms with E-state index in [1.54, 1.807) is 0 Å². The summed E-state index contributed by atoms with van der Waals surface area (Å²) in [4.78, 5) is 0. The maximum atomic E-state index is 6.13. The van der Waals surface area contributed by atoms with Crippen LogP contribution in [0.1, 0.15) is 48.5 Å². The average molecular weight is 259 g/mol. The molecule has 0 amide bonds. The fraction of sp³-hybridized carbons (Fsp3) is 0.647. The van der Waals surface area contributed by atoms with Crippen LogP contribution in [0.2, 0.25) is 0 Å². The molecule has 0 bridgehead atoms. The van der Waals surface area contributed by atoms with E-state index in [4.69, 9.17) is 4.74 Å². The van der Waals surface area contributed by atoms with Gasteiger partial charge in [-0.1, -0.05) is 23.8 Å². The largest absolute Gasteiger partial charge is 0.373 e. The third kappa shape index (κ3) is 3.18. The SMILES string of the molecule is Cc1ccc(C)c(C2OCCCC2CNC2CC2)c1. The lowest BCUT2D eigenvalue weighted by molar-refractivity contribution is -0.0282. The summed E-state index contributed by atoms with van der Waals surface area (Å²) in [5.74, 6) is 0.634. The first-order valence-electron chi connectivity index (χ1n) is 7.66. The molecule has 2 heteroatoms. The maximum absolute atomic E-state index is 6.13. The van der Waals surface area contributed by atoms with Gasteiger partial charge in [0, 0.05) is 25.1 Å². The maximum Gasteiger partial charge on any atom is 0.0867 e. The van der Waals surface area contributed by atoms with E-state index in [1.807, 2.05) is 0 Å². The molecule has 2 unspecified atom stereocenters. The van der Waals surface area contributed by atoms with Crippen LogP contribution in [-0.4, -0.2) is 19.2 Å². The number of aryl methyl sites for hydroxylation is 2. The van der Waals surface area contributed by atoms with E-state index in [0.717, 1.165) is 19.2 Å². The first-order chi connectivity index (χ1) is 9.24. The third-order valence-corrected chi connectivity index (χ3v) is 4.43. The molecule has 1 heterocycles. The summed E-state index contributed by atoms with van der Waals surface area (Å²) in [7, 11) is 0. The van der Waals surface area contributed by atoms with Crippen LogP contribution in [0.3, 0.4) is 0 Å². The highest BCUT2D eigenvalue weighted by atomic mass is 16.5. The number of hydrogen-bond acceptors (Lipinski definition) is 2. The Morgan fingerprint density at radius 2 is 2.05 bits per heavy atom. The molecule has 1 saturated carbocycles. The van der Waals surface area contributed by atoms with Crippen molar-refractivity contribution in [3.8, 4) is 0 Å². The minimum absolute atomic E-state index is 0.292. The minimum Gasteiger partial charge on any atom is -0.373 e. The molecule has 0 aromatic heterocycles. The molecular formula is C17H25NO. The highest BCUT2D eigenvalue weighted by Crippen LogP contribution is 2.35. The van der Waals surface area contributed by atoms with Gasteiger partial charge in [-0.25, -0.2) is 0 Å². The van der Waals surface area contributed by atoms with E-state index in [0.29, 0.717) is 12.0 Å². The van der Waals surface area contributed by atoms with Gasteiger partial charge in [0.05, 0.1) is 6.10 Å². The van der Waals surface area contributed by atoms with Crippen LogP contribution in [-0.2, 0) is 4.74 Å². The Hall–Kier alpha value is -0.860. The summed E-state index contributed by atoms with van der Waals surface area (Å²) in [5.41, 5.74) is 4.11. The fourth-order valence-corrected chi connectivity index (χ4v) is 3.07. The van der Waals surface area contributed by atoms with Gasteiger partial charge in [-0.3, -0.25) is 0 Å². The summed E-state index contributed by atoms with van der Waals surface area (Å²) in [6.07, 6.45) is 5.51. The van der Waals surface area contributed by atoms with Crippen LogP contribution in [0, 0.1) is 19.8 Å². The molecule has 1 aromatic rings. The van der Waals surface area contributed by atoms with Gasteiger partial charge in [-0.2, -0.15) is 0 Å². The molecule has 0 spiro atoms. The van der Waals surface area contributed by atoms with Crippen molar-refractivity contribution in [1.82, 2.24) is 5.32 Å². The Morgan fingerprint density at radius 3 is 2.84 bits per heavy atom. The van der Waals surface area contributed by atoms with Crippen molar-refractivity contribution in [3.05, 3.63) is 34.9 Å². The first kappa shape index (κ1) is 13.1. The molecule has 104 valence electrons. The number of nitrogens with one attached hydrogen (secondary N) is 1. The van der Waals surface area contributed by atoms with Gasteiger partial charge in [0.15, 0.2) is 0 Å². The van der Waals surface area contributed by atoms with Gasteiger partial charge in [-0.05, 0) is 50.7 Å². The van der Waals surface area contributed by atoms with Gasteiger partial charge in [0.1, 0.15) is 0 Å². The molecule has 2 atom stereocenters. The van der Waals surface area contributed by atoms with Crippen LogP contribution < -0.4 is 5.32 Å². The predicted molar refractivity (Wildman–Crippen MR) is 78.4 cm³/mol. The second-order valence-electron chi connectivity index (χ2n) is 6.24. The van der Waals surface area contributed by atoms with E-state index in [2.05, 4.69) is 37.4 Å². The van der Waals surface area contributed by atoms with Crippen molar-refractivity contribution in [2.75, 3.05) is 13.2 Å². The van der Waals surface area contributed by atoms with Gasteiger partial charge in [0.2, 0.25) is 0 Å². The van der Waals surface area contributed by atoms with E-state index in [9.17, 15) is 0 Å². The highest BCUT2D eigenvalue weighted by Gasteiger charge is 2.30. The van der Waals surface area contributed by atoms with Crippen LogP contribution in [0.5, 0.6) is 0 Å². The topological polar surface area (TPSA) is 21.3 Å². The summed E-state index contributed by atoms with van der Waals surface area (Å²) in [6, 6.07) is 7.53. The standard InChI is InChI=1S/C17H25NO/c1-12-5-6-13(2)16(10-12)17-14(4-3-9-19-17)11-18-15-7-8-15/h5-6,10,14-15,17-18H,3-4,7-9,11H2,1-2H3. The summed E-state index contributed by atoms with van der Waals surface area (Å²) >= 11 is 0. The second-order valence-corrected chi connectivity index (χ2v) is 6.24. The molecule has 2 nitrogen and oxygen atoms in total. The fourth-order valence-electron chi connectivity index (χ4n) is 3.07. The van der Waals surface area contributed by atoms with Crippen molar-refractivity contribution in [3.63, 3.8) is 0 Å². The Balaban J connectivity index is 1.75. The molecule has 0 radical (unpaired) electrons. The average Bonchev–Trinajstić information content (AvgIpc) is 3.24. The number of ether oxygens (including phenoxy) is 1. The highest BCUT2D eigenvalue weighted by molar-refractivity contribution is 5.33. The molecular weight excluding hydrogens is 234 g/mol. The number of benzene rings is 1. The molecule has 1 aliphatic carbocycles. The monoisotopic (exact) mass is 259 g/mol. The zero-order valence-corrected chi connectivity index (χ0v) is 12.1. The normalized spacial score (nSPS) is 27.5. The molecule has 1 aromatic carbocycles. The van der Waals surface area contributed by atoms with E-state index >= 15 is 0 Å². The van der Waals surface area contributed by atoms with Crippen molar-refractivity contribution in [1.29, 1.82) is 0 Å². The van der Waals surface area contributed by atoms with Crippen molar-refractivity contribution < 1.29 is 4.74 Å². The van der Waals surface area contributed by atoms with Gasteiger partial charge in [0.25, 0.3) is 0 Å². The van der Waals surface area contributed by atoms with Crippen LogP contribution >= 0.6 is 0 Å². The molecule has 19 heavy (non-hydrogen) atoms. The van der Waals surface area contributed by atoms with Gasteiger partial charge >= 0.3 is 0 Å². The lowest BCUT2D eigenvalue weighted by atomic mass is 9.87. The van der Waals surface area contributed by atoms with E-state index in [1.165, 1.54) is 42.4 Å². The summed E-state index contributed by atoms with van der Waals surface area (Å²) in [6.45, 7) is 6.40. The zero-order chi connectivity index (χ0) is 13.2. The minimum atomic E-state index is 0.292. The van der Waals surface area contributed by atoms with Crippen molar-refractivity contribution in [2.24, 2.45) is 5.92 Å². The van der Waals surface area contributed by atoms with E-state index in [-0.39, 0.29) is 0 Å². The zero-order valence-electron chi connectivity index (χ0n) is 12.1. The Kier molecular flexibility index (Phi) is 3.90. The number of hydrogen-bond donors (Lipinski definition) is 1. The van der Waals surface area contributed by atoms with Gasteiger partial charge < -0.3 is 10.1 Å². The summed E-state index contributed by atoms with van der Waals surface area (Å²) < 4.78 is 6.13. The van der Waals surface area contributed by atoms with Crippen LogP contribution in [0.4, 0.5) is 0 Å². The smallest absolute Gasteiger partial charge is 0.0867 e. The third-order valence-electron chi connectivity index (χ3n) is 4.43. The second kappa shape index (κ2) is 5.64. The quantitative estimate of drug-likeness (QED) is 0.893. The first-order valence-corrected chi connectivity index (χ1v) is 7.66. The van der Waals surface area contributed by atoms with Crippen molar-refractivity contribution in [2.45, 2.75) is 51.7 Å². The predicted octanol–water partition coefficient (Wildman–Crippen LogP) is 3.52. The Bertz CT molecular complexity index is 439.